The lowest BCUT2D eigenvalue weighted by atomic mass is 9.87. The number of piperidine rings is 1. The minimum absolute atomic E-state index is 0.0325. The average molecular weight is 565 g/mol. The van der Waals surface area contributed by atoms with Gasteiger partial charge in [0.2, 0.25) is 0 Å². The molecule has 0 radical (unpaired) electrons. The van der Waals surface area contributed by atoms with Gasteiger partial charge in [-0.15, -0.1) is 0 Å². The zero-order chi connectivity index (χ0) is 29.1. The van der Waals surface area contributed by atoms with Gasteiger partial charge in [-0.3, -0.25) is 9.48 Å². The fourth-order valence-corrected chi connectivity index (χ4v) is 6.99. The molecule has 2 heterocycles. The highest BCUT2D eigenvalue weighted by Crippen LogP contribution is 2.41. The van der Waals surface area contributed by atoms with Crippen LogP contribution >= 0.6 is 0 Å². The van der Waals surface area contributed by atoms with Gasteiger partial charge >= 0.3 is 5.97 Å². The van der Waals surface area contributed by atoms with E-state index < -0.39 is 23.6 Å². The lowest BCUT2D eigenvalue weighted by Crippen LogP contribution is -2.46. The topological polar surface area (TPSA) is 70.4 Å². The smallest absolute Gasteiger partial charge is 0.320 e. The van der Waals surface area contributed by atoms with Crippen LogP contribution in [0, 0.1) is 23.5 Å². The van der Waals surface area contributed by atoms with Crippen LogP contribution in [0.25, 0.3) is 0 Å². The lowest BCUT2D eigenvalue weighted by Gasteiger charge is -2.35. The molecule has 1 aliphatic carbocycles. The molecule has 2 aromatic carbocycles. The van der Waals surface area contributed by atoms with E-state index in [0.717, 1.165) is 51.0 Å². The summed E-state index contributed by atoms with van der Waals surface area (Å²) in [6.07, 6.45) is 4.50. The van der Waals surface area contributed by atoms with Crippen molar-refractivity contribution in [1.82, 2.24) is 20.0 Å². The predicted octanol–water partition coefficient (Wildman–Crippen LogP) is 5.73. The highest BCUT2D eigenvalue weighted by Gasteiger charge is 2.38. The van der Waals surface area contributed by atoms with Gasteiger partial charge in [0.25, 0.3) is 0 Å². The van der Waals surface area contributed by atoms with Crippen molar-refractivity contribution in [3.63, 3.8) is 0 Å². The summed E-state index contributed by atoms with van der Waals surface area (Å²) in [6.45, 7) is 6.95. The highest BCUT2D eigenvalue weighted by molar-refractivity contribution is 5.73. The first kappa shape index (κ1) is 29.4. The molecule has 6 nitrogen and oxygen atoms in total. The summed E-state index contributed by atoms with van der Waals surface area (Å²) in [7, 11) is 1.97. The molecule has 2 aliphatic rings. The Morgan fingerprint density at radius 3 is 2.44 bits per heavy atom. The van der Waals surface area contributed by atoms with Crippen LogP contribution in [0.4, 0.5) is 8.78 Å². The van der Waals surface area contributed by atoms with E-state index in [1.807, 2.05) is 25.6 Å². The summed E-state index contributed by atoms with van der Waals surface area (Å²) in [6, 6.07) is 16.5. The van der Waals surface area contributed by atoms with Crippen LogP contribution in [0.2, 0.25) is 0 Å². The Labute approximate surface area is 241 Å². The number of aromatic nitrogens is 2. The minimum Gasteiger partial charge on any atom is -0.480 e. The van der Waals surface area contributed by atoms with Crippen molar-refractivity contribution in [2.75, 3.05) is 19.6 Å². The third kappa shape index (κ3) is 7.04. The Morgan fingerprint density at radius 2 is 1.78 bits per heavy atom. The van der Waals surface area contributed by atoms with E-state index in [-0.39, 0.29) is 12.0 Å². The van der Waals surface area contributed by atoms with Gasteiger partial charge in [0.05, 0.1) is 5.69 Å². The maximum absolute atomic E-state index is 13.7. The summed E-state index contributed by atoms with van der Waals surface area (Å²) in [4.78, 5) is 14.4. The molecule has 2 fully saturated rings. The van der Waals surface area contributed by atoms with Crippen molar-refractivity contribution in [2.24, 2.45) is 18.9 Å². The van der Waals surface area contributed by atoms with Crippen molar-refractivity contribution in [2.45, 2.75) is 69.9 Å². The minimum atomic E-state index is -0.832. The summed E-state index contributed by atoms with van der Waals surface area (Å²) in [5.41, 5.74) is 4.12. The third-order valence-electron chi connectivity index (χ3n) is 9.10. The molecule has 2 unspecified atom stereocenters. The Hall–Kier alpha value is -3.10. The SMILES string of the molecule is CC(C)C(NC1C[C@H](CN2CCC(c3cc(Cc4ccc(F)c(F)c4)nn3C)CC2)[C@@H](c2ccccc2)C1)C(=O)O. The summed E-state index contributed by atoms with van der Waals surface area (Å²) in [5, 5.41) is 17.9. The number of hydrogen-bond acceptors (Lipinski definition) is 4. The maximum Gasteiger partial charge on any atom is 0.320 e. The molecule has 1 aromatic heterocycles. The van der Waals surface area contributed by atoms with E-state index in [1.165, 1.54) is 23.4 Å². The fraction of sp³-hybridized carbons (Fsp3) is 0.515. The molecule has 1 aliphatic heterocycles. The first-order valence-corrected chi connectivity index (χ1v) is 14.9. The van der Waals surface area contributed by atoms with Crippen molar-refractivity contribution in [3.05, 3.63) is 88.7 Å². The highest BCUT2D eigenvalue weighted by atomic mass is 19.2. The van der Waals surface area contributed by atoms with Crippen molar-refractivity contribution in [3.8, 4) is 0 Å². The molecular weight excluding hydrogens is 522 g/mol. The molecule has 220 valence electrons. The normalized spacial score (nSPS) is 22.8. The zero-order valence-corrected chi connectivity index (χ0v) is 24.3. The Bertz CT molecular complexity index is 1320. The maximum atomic E-state index is 13.7. The van der Waals surface area contributed by atoms with Crippen LogP contribution in [0.3, 0.4) is 0 Å². The van der Waals surface area contributed by atoms with Gasteiger partial charge in [-0.25, -0.2) is 8.78 Å². The van der Waals surface area contributed by atoms with E-state index in [4.69, 9.17) is 0 Å². The van der Waals surface area contributed by atoms with Gasteiger partial charge < -0.3 is 15.3 Å². The monoisotopic (exact) mass is 564 g/mol. The summed E-state index contributed by atoms with van der Waals surface area (Å²) >= 11 is 0. The van der Waals surface area contributed by atoms with E-state index >= 15 is 0 Å². The molecular formula is C33H42F2N4O2. The molecule has 0 amide bonds. The number of benzene rings is 2. The van der Waals surface area contributed by atoms with Gasteiger partial charge in [-0.2, -0.15) is 5.10 Å². The number of halogens is 2. The number of likely N-dealkylation sites (tertiary alicyclic amines) is 1. The van der Waals surface area contributed by atoms with Gasteiger partial charge in [0.15, 0.2) is 11.6 Å². The number of carbonyl (C=O) groups is 1. The van der Waals surface area contributed by atoms with E-state index in [2.05, 4.69) is 51.7 Å². The van der Waals surface area contributed by atoms with Gasteiger partial charge in [-0.05, 0) is 85.9 Å². The summed E-state index contributed by atoms with van der Waals surface area (Å²) < 4.78 is 28.9. The molecule has 5 rings (SSSR count). The zero-order valence-electron chi connectivity index (χ0n) is 24.3. The number of aliphatic carboxylic acids is 1. The lowest BCUT2D eigenvalue weighted by molar-refractivity contribution is -0.140. The quantitative estimate of drug-likeness (QED) is 0.329. The molecule has 0 spiro atoms. The predicted molar refractivity (Wildman–Crippen MR) is 156 cm³/mol. The van der Waals surface area contributed by atoms with E-state index in [1.54, 1.807) is 6.07 Å². The Balaban J connectivity index is 1.21. The van der Waals surface area contributed by atoms with Crippen LogP contribution in [0.5, 0.6) is 0 Å². The molecule has 1 saturated heterocycles. The molecule has 1 saturated carbocycles. The first-order valence-electron chi connectivity index (χ1n) is 14.9. The van der Waals surface area contributed by atoms with Crippen molar-refractivity contribution in [1.29, 1.82) is 0 Å². The number of carboxylic acid groups (broad SMARTS) is 1. The molecule has 41 heavy (non-hydrogen) atoms. The largest absolute Gasteiger partial charge is 0.480 e. The summed E-state index contributed by atoms with van der Waals surface area (Å²) in [5.74, 6) is -1.12. The van der Waals surface area contributed by atoms with Gasteiger partial charge in [0.1, 0.15) is 6.04 Å². The molecule has 8 heteroatoms. The van der Waals surface area contributed by atoms with Crippen LogP contribution < -0.4 is 5.32 Å². The van der Waals surface area contributed by atoms with Crippen LogP contribution in [-0.4, -0.2) is 57.5 Å². The van der Waals surface area contributed by atoms with Crippen molar-refractivity contribution >= 4 is 5.97 Å². The third-order valence-corrected chi connectivity index (χ3v) is 9.10. The average Bonchev–Trinajstić information content (AvgIpc) is 3.52. The Kier molecular flexibility index (Phi) is 9.19. The van der Waals surface area contributed by atoms with Crippen LogP contribution in [0.1, 0.15) is 73.9 Å². The molecule has 0 bridgehead atoms. The second kappa shape index (κ2) is 12.8. The molecule has 2 N–H and O–H groups in total. The number of hydrogen-bond donors (Lipinski definition) is 2. The van der Waals surface area contributed by atoms with E-state index in [9.17, 15) is 18.7 Å². The fourth-order valence-electron chi connectivity index (χ4n) is 6.99. The van der Waals surface area contributed by atoms with Gasteiger partial charge in [-0.1, -0.05) is 50.2 Å². The number of nitrogens with one attached hydrogen (secondary N) is 1. The standard InChI is InChI=1S/C33H42F2N4O2/c1-21(2)32(33(40)41)36-26-17-25(28(18-26)23-7-5-4-6-8-23)20-39-13-11-24(12-14-39)31-19-27(37-38(31)3)15-22-9-10-29(34)30(35)16-22/h4-10,16,19,21,24-26,28,32,36H,11-15,17-18,20H2,1-3H3,(H,40,41)/t25-,26?,28-,32?/m1/s1. The molecule has 4 atom stereocenters. The van der Waals surface area contributed by atoms with Crippen molar-refractivity contribution < 1.29 is 18.7 Å². The number of nitrogens with zero attached hydrogens (tertiary/aromatic N) is 3. The first-order chi connectivity index (χ1) is 19.7. The Morgan fingerprint density at radius 1 is 1.05 bits per heavy atom. The number of carboxylic acids is 1. The van der Waals surface area contributed by atoms with Gasteiger partial charge in [0, 0.05) is 37.7 Å². The van der Waals surface area contributed by atoms with E-state index in [0.29, 0.717) is 29.7 Å². The molecule has 3 aromatic rings. The van der Waals surface area contributed by atoms with Crippen LogP contribution in [0.15, 0.2) is 54.6 Å². The van der Waals surface area contributed by atoms with Crippen LogP contribution in [-0.2, 0) is 18.3 Å². The second-order valence-electron chi connectivity index (χ2n) is 12.4. The second-order valence-corrected chi connectivity index (χ2v) is 12.4. The number of rotatable bonds is 10. The number of aryl methyl sites for hydroxylation is 1.